The van der Waals surface area contributed by atoms with Gasteiger partial charge in [-0.3, -0.25) is 4.79 Å². The molecule has 82 valence electrons. The Morgan fingerprint density at radius 1 is 1.67 bits per heavy atom. The molecule has 0 aliphatic rings. The van der Waals surface area contributed by atoms with Crippen molar-refractivity contribution < 1.29 is 10.0 Å². The molecular weight excluding hydrogens is 238 g/mol. The first-order valence-electron chi connectivity index (χ1n) is 4.09. The lowest BCUT2D eigenvalue weighted by Crippen LogP contribution is -2.27. The predicted octanol–water partition coefficient (Wildman–Crippen LogP) is 1.15. The van der Waals surface area contributed by atoms with Crippen LogP contribution in [0.2, 0.25) is 4.34 Å². The zero-order chi connectivity index (χ0) is 11.3. The van der Waals surface area contributed by atoms with Gasteiger partial charge in [0.2, 0.25) is 5.91 Å². The van der Waals surface area contributed by atoms with Crippen molar-refractivity contribution in [1.82, 2.24) is 5.32 Å². The number of oxime groups is 1. The van der Waals surface area contributed by atoms with Crippen LogP contribution in [0.15, 0.2) is 17.3 Å². The highest BCUT2D eigenvalue weighted by atomic mass is 35.5. The molecule has 7 heteroatoms. The molecule has 1 heterocycles. The number of amides is 1. The van der Waals surface area contributed by atoms with Crippen LogP contribution in [-0.2, 0) is 11.3 Å². The Morgan fingerprint density at radius 2 is 2.40 bits per heavy atom. The van der Waals surface area contributed by atoms with Crippen LogP contribution in [0.3, 0.4) is 0 Å². The maximum atomic E-state index is 11.2. The SMILES string of the molecule is NC(CC(=O)NCc1ccc(Cl)s1)=NO. The predicted molar refractivity (Wildman–Crippen MR) is 59.2 cm³/mol. The number of hydrogen-bond acceptors (Lipinski definition) is 4. The quantitative estimate of drug-likeness (QED) is 0.323. The number of nitrogens with one attached hydrogen (secondary N) is 1. The fraction of sp³-hybridized carbons (Fsp3) is 0.250. The summed E-state index contributed by atoms with van der Waals surface area (Å²) in [5.41, 5.74) is 5.17. The minimum absolute atomic E-state index is 0.114. The van der Waals surface area contributed by atoms with E-state index < -0.39 is 0 Å². The molecule has 5 nitrogen and oxygen atoms in total. The number of nitrogens with zero attached hydrogens (tertiary/aromatic N) is 1. The van der Waals surface area contributed by atoms with Gasteiger partial charge < -0.3 is 16.3 Å². The van der Waals surface area contributed by atoms with Gasteiger partial charge in [-0.25, -0.2) is 0 Å². The molecule has 0 atom stereocenters. The molecule has 0 unspecified atom stereocenters. The van der Waals surface area contributed by atoms with Gasteiger partial charge >= 0.3 is 0 Å². The van der Waals surface area contributed by atoms with Gasteiger partial charge in [-0.15, -0.1) is 11.3 Å². The summed E-state index contributed by atoms with van der Waals surface area (Å²) in [4.78, 5) is 12.1. The zero-order valence-electron chi connectivity index (χ0n) is 7.74. The minimum atomic E-state index is -0.296. The van der Waals surface area contributed by atoms with Crippen molar-refractivity contribution in [3.05, 3.63) is 21.3 Å². The number of amidine groups is 1. The van der Waals surface area contributed by atoms with Crippen molar-refractivity contribution in [3.63, 3.8) is 0 Å². The van der Waals surface area contributed by atoms with E-state index in [9.17, 15) is 4.79 Å². The second-order valence-corrected chi connectivity index (χ2v) is 4.55. The van der Waals surface area contributed by atoms with Crippen LogP contribution in [0.5, 0.6) is 0 Å². The van der Waals surface area contributed by atoms with Gasteiger partial charge in [-0.1, -0.05) is 16.8 Å². The molecular formula is C8H10ClN3O2S. The molecule has 15 heavy (non-hydrogen) atoms. The lowest BCUT2D eigenvalue weighted by Gasteiger charge is -2.01. The van der Waals surface area contributed by atoms with E-state index in [4.69, 9.17) is 22.5 Å². The number of thiophene rings is 1. The second-order valence-electron chi connectivity index (χ2n) is 2.75. The number of rotatable bonds is 4. The van der Waals surface area contributed by atoms with Crippen molar-refractivity contribution in [1.29, 1.82) is 0 Å². The molecule has 0 aliphatic heterocycles. The van der Waals surface area contributed by atoms with E-state index in [1.54, 1.807) is 6.07 Å². The van der Waals surface area contributed by atoms with Crippen molar-refractivity contribution >= 4 is 34.7 Å². The molecule has 0 saturated carbocycles. The Balaban J connectivity index is 2.34. The average molecular weight is 248 g/mol. The van der Waals surface area contributed by atoms with E-state index in [0.29, 0.717) is 10.9 Å². The topological polar surface area (TPSA) is 87.7 Å². The average Bonchev–Trinajstić information content (AvgIpc) is 2.61. The Labute approximate surface area is 95.5 Å². The lowest BCUT2D eigenvalue weighted by molar-refractivity contribution is -0.120. The smallest absolute Gasteiger partial charge is 0.227 e. The van der Waals surface area contributed by atoms with Crippen molar-refractivity contribution in [2.45, 2.75) is 13.0 Å². The molecule has 0 fully saturated rings. The summed E-state index contributed by atoms with van der Waals surface area (Å²) in [6, 6.07) is 3.59. The normalized spacial score (nSPS) is 11.4. The Kier molecular flexibility index (Phi) is 4.38. The van der Waals surface area contributed by atoms with Crippen LogP contribution >= 0.6 is 22.9 Å². The van der Waals surface area contributed by atoms with Crippen LogP contribution in [0.4, 0.5) is 0 Å². The van der Waals surface area contributed by atoms with Crippen molar-refractivity contribution in [3.8, 4) is 0 Å². The number of carbonyl (C=O) groups is 1. The van der Waals surface area contributed by atoms with Gasteiger partial charge in [0.1, 0.15) is 5.84 Å². The Morgan fingerprint density at radius 3 is 2.93 bits per heavy atom. The first-order valence-corrected chi connectivity index (χ1v) is 5.28. The number of hydrogen-bond donors (Lipinski definition) is 3. The molecule has 0 saturated heterocycles. The van der Waals surface area contributed by atoms with Gasteiger partial charge in [0.25, 0.3) is 0 Å². The van der Waals surface area contributed by atoms with Crippen LogP contribution in [0.25, 0.3) is 0 Å². The largest absolute Gasteiger partial charge is 0.409 e. The minimum Gasteiger partial charge on any atom is -0.409 e. The van der Waals surface area contributed by atoms with Gasteiger partial charge in [0.05, 0.1) is 17.3 Å². The summed E-state index contributed by atoms with van der Waals surface area (Å²) >= 11 is 7.11. The zero-order valence-corrected chi connectivity index (χ0v) is 9.31. The molecule has 0 bridgehead atoms. The molecule has 0 aliphatic carbocycles. The van der Waals surface area contributed by atoms with E-state index in [-0.39, 0.29) is 18.2 Å². The lowest BCUT2D eigenvalue weighted by atomic mass is 10.3. The summed E-state index contributed by atoms with van der Waals surface area (Å²) in [5.74, 6) is -0.411. The van der Waals surface area contributed by atoms with E-state index in [1.807, 2.05) is 6.07 Å². The maximum Gasteiger partial charge on any atom is 0.227 e. The molecule has 1 amide bonds. The number of halogens is 1. The third-order valence-corrected chi connectivity index (χ3v) is 2.79. The molecule has 1 aromatic rings. The van der Waals surface area contributed by atoms with E-state index in [2.05, 4.69) is 10.5 Å². The van der Waals surface area contributed by atoms with Crippen LogP contribution < -0.4 is 11.1 Å². The van der Waals surface area contributed by atoms with Gasteiger partial charge in [-0.2, -0.15) is 0 Å². The third kappa shape index (κ3) is 4.18. The summed E-state index contributed by atoms with van der Waals surface area (Å²) in [6.45, 7) is 0.398. The van der Waals surface area contributed by atoms with Crippen LogP contribution in [0.1, 0.15) is 11.3 Å². The second kappa shape index (κ2) is 5.57. The highest BCUT2D eigenvalue weighted by Crippen LogP contribution is 2.20. The monoisotopic (exact) mass is 247 g/mol. The summed E-state index contributed by atoms with van der Waals surface area (Å²) in [6.07, 6.45) is -0.115. The standard InChI is InChI=1S/C8H10ClN3O2S/c9-6-2-1-5(15-6)4-11-8(13)3-7(10)12-14/h1-2,14H,3-4H2,(H2,10,12)(H,11,13). The van der Waals surface area contributed by atoms with Crippen LogP contribution in [-0.4, -0.2) is 17.0 Å². The number of nitrogens with two attached hydrogens (primary N) is 1. The van der Waals surface area contributed by atoms with Crippen molar-refractivity contribution in [2.24, 2.45) is 10.9 Å². The highest BCUT2D eigenvalue weighted by Gasteiger charge is 2.05. The van der Waals surface area contributed by atoms with E-state index >= 15 is 0 Å². The van der Waals surface area contributed by atoms with Gasteiger partial charge in [0, 0.05) is 4.88 Å². The maximum absolute atomic E-state index is 11.2. The van der Waals surface area contributed by atoms with Crippen LogP contribution in [0, 0.1) is 0 Å². The summed E-state index contributed by atoms with van der Waals surface area (Å²) < 4.78 is 0.677. The fourth-order valence-corrected chi connectivity index (χ4v) is 1.92. The molecule has 0 aromatic carbocycles. The highest BCUT2D eigenvalue weighted by molar-refractivity contribution is 7.16. The molecule has 4 N–H and O–H groups in total. The number of carbonyl (C=O) groups excluding carboxylic acids is 1. The Hall–Kier alpha value is -1.27. The van der Waals surface area contributed by atoms with Gasteiger partial charge in [0.15, 0.2) is 0 Å². The molecule has 1 rings (SSSR count). The third-order valence-electron chi connectivity index (χ3n) is 1.56. The summed E-state index contributed by atoms with van der Waals surface area (Å²) in [5, 5.41) is 13.6. The summed E-state index contributed by atoms with van der Waals surface area (Å²) in [7, 11) is 0. The molecule has 0 radical (unpaired) electrons. The van der Waals surface area contributed by atoms with E-state index in [0.717, 1.165) is 4.88 Å². The molecule has 1 aromatic heterocycles. The Bertz CT molecular complexity index is 378. The first kappa shape index (κ1) is 11.8. The molecule has 0 spiro atoms. The fourth-order valence-electron chi connectivity index (χ4n) is 0.895. The van der Waals surface area contributed by atoms with E-state index in [1.165, 1.54) is 11.3 Å². The van der Waals surface area contributed by atoms with Gasteiger partial charge in [-0.05, 0) is 12.1 Å². The first-order chi connectivity index (χ1) is 7.11. The van der Waals surface area contributed by atoms with Crippen molar-refractivity contribution in [2.75, 3.05) is 0 Å².